The Morgan fingerprint density at radius 1 is 1.33 bits per heavy atom. The van der Waals surface area contributed by atoms with E-state index in [2.05, 4.69) is 15.4 Å². The van der Waals surface area contributed by atoms with Crippen LogP contribution in [0.1, 0.15) is 29.8 Å². The van der Waals surface area contributed by atoms with E-state index in [1.54, 1.807) is 26.4 Å². The highest BCUT2D eigenvalue weighted by Crippen LogP contribution is 2.14. The summed E-state index contributed by atoms with van der Waals surface area (Å²) < 4.78 is 0. The maximum Gasteiger partial charge on any atom is 0.272 e. The third-order valence-electron chi connectivity index (χ3n) is 3.03. The van der Waals surface area contributed by atoms with Gasteiger partial charge in [0.1, 0.15) is 5.69 Å². The number of hydrogen-bond donors (Lipinski definition) is 1. The molecule has 2 heterocycles. The minimum atomic E-state index is -0.0719. The SMILES string of the molecule is CN(C)C(=O)c1cc(NN2CCCCC2)ccn1. The van der Waals surface area contributed by atoms with E-state index in [1.165, 1.54) is 24.2 Å². The van der Waals surface area contributed by atoms with Gasteiger partial charge in [0.05, 0.1) is 5.69 Å². The van der Waals surface area contributed by atoms with Gasteiger partial charge in [0.25, 0.3) is 5.91 Å². The Morgan fingerprint density at radius 2 is 2.06 bits per heavy atom. The van der Waals surface area contributed by atoms with Crippen LogP contribution >= 0.6 is 0 Å². The molecule has 0 saturated carbocycles. The number of hydrogen-bond acceptors (Lipinski definition) is 4. The number of piperidine rings is 1. The number of carbonyl (C=O) groups excluding carboxylic acids is 1. The zero-order valence-corrected chi connectivity index (χ0v) is 11.0. The van der Waals surface area contributed by atoms with Crippen LogP contribution in [0.2, 0.25) is 0 Å². The summed E-state index contributed by atoms with van der Waals surface area (Å²) in [6.45, 7) is 2.11. The van der Waals surface area contributed by atoms with E-state index in [9.17, 15) is 4.79 Å². The Morgan fingerprint density at radius 3 is 2.72 bits per heavy atom. The maximum atomic E-state index is 11.8. The van der Waals surface area contributed by atoms with Gasteiger partial charge in [-0.25, -0.2) is 5.01 Å². The Kier molecular flexibility index (Phi) is 4.15. The first-order chi connectivity index (χ1) is 8.66. The van der Waals surface area contributed by atoms with Crippen molar-refractivity contribution in [3.05, 3.63) is 24.0 Å². The summed E-state index contributed by atoms with van der Waals surface area (Å²) in [5.41, 5.74) is 4.74. The predicted molar refractivity (Wildman–Crippen MR) is 71.3 cm³/mol. The number of pyridine rings is 1. The van der Waals surface area contributed by atoms with E-state index in [-0.39, 0.29) is 5.91 Å². The molecule has 1 fully saturated rings. The summed E-state index contributed by atoms with van der Waals surface area (Å²) >= 11 is 0. The zero-order valence-electron chi connectivity index (χ0n) is 11.0. The molecule has 1 aliphatic rings. The zero-order chi connectivity index (χ0) is 13.0. The fraction of sp³-hybridized carbons (Fsp3) is 0.538. The van der Waals surface area contributed by atoms with Gasteiger partial charge < -0.3 is 10.3 Å². The van der Waals surface area contributed by atoms with Crippen LogP contribution in [-0.2, 0) is 0 Å². The van der Waals surface area contributed by atoms with Crippen LogP contribution in [0.4, 0.5) is 5.69 Å². The van der Waals surface area contributed by atoms with Gasteiger partial charge in [-0.05, 0) is 25.0 Å². The second-order valence-electron chi connectivity index (χ2n) is 4.79. The van der Waals surface area contributed by atoms with Gasteiger partial charge >= 0.3 is 0 Å². The first kappa shape index (κ1) is 12.8. The van der Waals surface area contributed by atoms with Gasteiger partial charge in [0.2, 0.25) is 0 Å². The molecule has 1 aromatic heterocycles. The Hall–Kier alpha value is -1.62. The van der Waals surface area contributed by atoms with Gasteiger partial charge in [-0.2, -0.15) is 0 Å². The van der Waals surface area contributed by atoms with Crippen molar-refractivity contribution in [3.63, 3.8) is 0 Å². The lowest BCUT2D eigenvalue weighted by atomic mass is 10.2. The van der Waals surface area contributed by atoms with Crippen molar-refractivity contribution < 1.29 is 4.79 Å². The summed E-state index contributed by atoms with van der Waals surface area (Å²) in [4.78, 5) is 17.4. The number of carbonyl (C=O) groups is 1. The number of rotatable bonds is 3. The normalized spacial score (nSPS) is 16.3. The Bertz CT molecular complexity index is 413. The van der Waals surface area contributed by atoms with Crippen LogP contribution in [0.5, 0.6) is 0 Å². The number of nitrogens with one attached hydrogen (secondary N) is 1. The van der Waals surface area contributed by atoms with Crippen molar-refractivity contribution in [1.29, 1.82) is 0 Å². The van der Waals surface area contributed by atoms with Crippen LogP contribution in [0.3, 0.4) is 0 Å². The third kappa shape index (κ3) is 3.20. The molecule has 18 heavy (non-hydrogen) atoms. The van der Waals surface area contributed by atoms with Gasteiger partial charge in [-0.1, -0.05) is 6.42 Å². The molecule has 1 aliphatic heterocycles. The molecule has 1 N–H and O–H groups in total. The monoisotopic (exact) mass is 248 g/mol. The summed E-state index contributed by atoms with van der Waals surface area (Å²) in [5, 5.41) is 2.20. The number of aromatic nitrogens is 1. The standard InChI is InChI=1S/C13H20N4O/c1-16(2)13(18)12-10-11(6-7-14-12)15-17-8-4-3-5-9-17/h6-7,10H,3-5,8-9H2,1-2H3,(H,14,15). The van der Waals surface area contributed by atoms with E-state index in [0.717, 1.165) is 18.8 Å². The molecular formula is C13H20N4O. The largest absolute Gasteiger partial charge is 0.343 e. The minimum Gasteiger partial charge on any atom is -0.343 e. The lowest BCUT2D eigenvalue weighted by Gasteiger charge is -2.27. The molecule has 98 valence electrons. The van der Waals surface area contributed by atoms with Crippen LogP contribution in [-0.4, -0.2) is 48.0 Å². The van der Waals surface area contributed by atoms with E-state index in [1.807, 2.05) is 6.07 Å². The van der Waals surface area contributed by atoms with Gasteiger partial charge in [0.15, 0.2) is 0 Å². The number of amides is 1. The van der Waals surface area contributed by atoms with Crippen LogP contribution in [0, 0.1) is 0 Å². The molecule has 1 saturated heterocycles. The number of anilines is 1. The lowest BCUT2D eigenvalue weighted by Crippen LogP contribution is -2.35. The maximum absolute atomic E-state index is 11.8. The summed E-state index contributed by atoms with van der Waals surface area (Å²) in [6.07, 6.45) is 5.42. The molecule has 5 heteroatoms. The van der Waals surface area contributed by atoms with Crippen molar-refractivity contribution in [2.75, 3.05) is 32.6 Å². The van der Waals surface area contributed by atoms with Crippen LogP contribution < -0.4 is 5.43 Å². The van der Waals surface area contributed by atoms with Gasteiger partial charge in [-0.3, -0.25) is 9.78 Å². The molecule has 0 aliphatic carbocycles. The molecule has 0 bridgehead atoms. The average molecular weight is 248 g/mol. The molecular weight excluding hydrogens is 228 g/mol. The molecule has 0 atom stereocenters. The first-order valence-electron chi connectivity index (χ1n) is 6.36. The molecule has 0 aromatic carbocycles. The van der Waals surface area contributed by atoms with Crippen molar-refractivity contribution in [3.8, 4) is 0 Å². The van der Waals surface area contributed by atoms with Crippen LogP contribution in [0.15, 0.2) is 18.3 Å². The van der Waals surface area contributed by atoms with Crippen LogP contribution in [0.25, 0.3) is 0 Å². The lowest BCUT2D eigenvalue weighted by molar-refractivity contribution is 0.0822. The number of nitrogens with zero attached hydrogens (tertiary/aromatic N) is 3. The topological polar surface area (TPSA) is 48.5 Å². The molecule has 1 amide bonds. The smallest absolute Gasteiger partial charge is 0.272 e. The second kappa shape index (κ2) is 5.82. The summed E-state index contributed by atoms with van der Waals surface area (Å²) in [5.74, 6) is -0.0719. The quantitative estimate of drug-likeness (QED) is 0.882. The molecule has 5 nitrogen and oxygen atoms in total. The summed E-state index contributed by atoms with van der Waals surface area (Å²) in [7, 11) is 3.46. The Labute approximate surface area is 108 Å². The molecule has 0 unspecified atom stereocenters. The van der Waals surface area contributed by atoms with Crippen molar-refractivity contribution >= 4 is 11.6 Å². The predicted octanol–water partition coefficient (Wildman–Crippen LogP) is 1.60. The molecule has 2 rings (SSSR count). The van der Waals surface area contributed by atoms with E-state index in [4.69, 9.17) is 0 Å². The molecule has 1 aromatic rings. The van der Waals surface area contributed by atoms with Crippen molar-refractivity contribution in [2.24, 2.45) is 0 Å². The fourth-order valence-electron chi connectivity index (χ4n) is 2.03. The highest BCUT2D eigenvalue weighted by atomic mass is 16.2. The first-order valence-corrected chi connectivity index (χ1v) is 6.36. The molecule has 0 radical (unpaired) electrons. The fourth-order valence-corrected chi connectivity index (χ4v) is 2.03. The van der Waals surface area contributed by atoms with Gasteiger partial charge in [0, 0.05) is 33.4 Å². The second-order valence-corrected chi connectivity index (χ2v) is 4.79. The van der Waals surface area contributed by atoms with E-state index in [0.29, 0.717) is 5.69 Å². The van der Waals surface area contributed by atoms with Crippen molar-refractivity contribution in [2.45, 2.75) is 19.3 Å². The Balaban J connectivity index is 2.04. The molecule has 0 spiro atoms. The highest BCUT2D eigenvalue weighted by molar-refractivity contribution is 5.92. The van der Waals surface area contributed by atoms with Gasteiger partial charge in [-0.15, -0.1) is 0 Å². The minimum absolute atomic E-state index is 0.0719. The number of hydrazine groups is 1. The van der Waals surface area contributed by atoms with E-state index < -0.39 is 0 Å². The third-order valence-corrected chi connectivity index (χ3v) is 3.03. The highest BCUT2D eigenvalue weighted by Gasteiger charge is 2.12. The van der Waals surface area contributed by atoms with E-state index >= 15 is 0 Å². The average Bonchev–Trinajstić information content (AvgIpc) is 2.39. The summed E-state index contributed by atoms with van der Waals surface area (Å²) in [6, 6.07) is 3.69. The van der Waals surface area contributed by atoms with Crippen molar-refractivity contribution in [1.82, 2.24) is 14.9 Å².